The van der Waals surface area contributed by atoms with E-state index >= 15 is 0 Å². The maximum absolute atomic E-state index is 3.96. The van der Waals surface area contributed by atoms with Crippen LogP contribution in [0, 0.1) is 0 Å². The molecule has 0 aliphatic heterocycles. The van der Waals surface area contributed by atoms with E-state index in [2.05, 4.69) is 109 Å². The van der Waals surface area contributed by atoms with E-state index in [1.54, 1.807) is 0 Å². The number of rotatable bonds is 1. The van der Waals surface area contributed by atoms with E-state index in [1.807, 2.05) is 0 Å². The van der Waals surface area contributed by atoms with Gasteiger partial charge in [-0.2, -0.15) is 0 Å². The molecule has 1 aliphatic rings. The van der Waals surface area contributed by atoms with Crippen LogP contribution in [0.4, 0.5) is 0 Å². The number of hydrogen-bond donors (Lipinski definition) is 0. The monoisotopic (exact) mass is 398 g/mol. The Hall–Kier alpha value is -2.38. The predicted octanol–water partition coefficient (Wildman–Crippen LogP) is 7.58. The summed E-state index contributed by atoms with van der Waals surface area (Å²) >= 11 is 3.96. The molecule has 0 saturated carbocycles. The van der Waals surface area contributed by atoms with Gasteiger partial charge >= 0.3 is 0 Å². The smallest absolute Gasteiger partial charge is 0.0338 e. The lowest BCUT2D eigenvalue weighted by atomic mass is 9.79. The lowest BCUT2D eigenvalue weighted by Gasteiger charge is -2.24. The molecule has 0 amide bonds. The van der Waals surface area contributed by atoms with Gasteiger partial charge in [-0.05, 0) is 54.5 Å². The van der Waals surface area contributed by atoms with Gasteiger partial charge in [0.05, 0.1) is 0 Å². The molecular formula is C25H19Br. The summed E-state index contributed by atoms with van der Waals surface area (Å²) in [4.78, 5) is 0. The van der Waals surface area contributed by atoms with Crippen LogP contribution in [-0.2, 0) is 5.41 Å². The molecule has 4 aromatic rings. The third-order valence-corrected chi connectivity index (χ3v) is 6.53. The molecule has 4 aromatic carbocycles. The summed E-state index contributed by atoms with van der Waals surface area (Å²) in [6, 6.07) is 28.4. The highest BCUT2D eigenvalue weighted by molar-refractivity contribution is 9.10. The molecule has 0 fully saturated rings. The first kappa shape index (κ1) is 15.8. The second kappa shape index (κ2) is 5.56. The van der Waals surface area contributed by atoms with Crippen LogP contribution in [0.25, 0.3) is 33.0 Å². The van der Waals surface area contributed by atoms with Crippen LogP contribution in [0.1, 0.15) is 25.0 Å². The Morgan fingerprint density at radius 1 is 0.654 bits per heavy atom. The van der Waals surface area contributed by atoms with Crippen LogP contribution >= 0.6 is 15.9 Å². The summed E-state index contributed by atoms with van der Waals surface area (Å²) in [7, 11) is 0. The van der Waals surface area contributed by atoms with Gasteiger partial charge < -0.3 is 0 Å². The van der Waals surface area contributed by atoms with E-state index in [0.29, 0.717) is 0 Å². The van der Waals surface area contributed by atoms with Crippen molar-refractivity contribution in [3.8, 4) is 22.3 Å². The fourth-order valence-electron chi connectivity index (χ4n) is 4.57. The first-order valence-corrected chi connectivity index (χ1v) is 9.80. The van der Waals surface area contributed by atoms with Crippen LogP contribution in [0.2, 0.25) is 0 Å². The van der Waals surface area contributed by atoms with E-state index in [1.165, 1.54) is 48.6 Å². The van der Waals surface area contributed by atoms with E-state index in [-0.39, 0.29) is 5.41 Å². The van der Waals surface area contributed by atoms with E-state index in [0.717, 1.165) is 0 Å². The maximum atomic E-state index is 3.96. The minimum Gasteiger partial charge on any atom is -0.0622 e. The van der Waals surface area contributed by atoms with Crippen LogP contribution in [0.15, 0.2) is 83.3 Å². The van der Waals surface area contributed by atoms with Crippen LogP contribution in [-0.4, -0.2) is 0 Å². The third kappa shape index (κ3) is 2.01. The zero-order valence-electron chi connectivity index (χ0n) is 14.9. The van der Waals surface area contributed by atoms with Crippen molar-refractivity contribution in [2.75, 3.05) is 0 Å². The number of benzene rings is 4. The van der Waals surface area contributed by atoms with Gasteiger partial charge in [0.2, 0.25) is 0 Å². The van der Waals surface area contributed by atoms with Crippen molar-refractivity contribution in [3.05, 3.63) is 94.5 Å². The summed E-state index contributed by atoms with van der Waals surface area (Å²) in [5.41, 5.74) is 8.13. The predicted molar refractivity (Wildman–Crippen MR) is 115 cm³/mol. The lowest BCUT2D eigenvalue weighted by Crippen LogP contribution is -2.15. The lowest BCUT2D eigenvalue weighted by molar-refractivity contribution is 0.666. The second-order valence-electron chi connectivity index (χ2n) is 7.52. The molecule has 0 atom stereocenters. The maximum Gasteiger partial charge on any atom is 0.0338 e. The molecule has 0 radical (unpaired) electrons. The quantitative estimate of drug-likeness (QED) is 0.310. The Morgan fingerprint density at radius 2 is 1.27 bits per heavy atom. The van der Waals surface area contributed by atoms with Crippen molar-refractivity contribution in [2.45, 2.75) is 19.3 Å². The van der Waals surface area contributed by atoms with E-state index in [4.69, 9.17) is 0 Å². The molecule has 0 N–H and O–H groups in total. The molecule has 0 aromatic heterocycles. The zero-order valence-corrected chi connectivity index (χ0v) is 16.5. The van der Waals surface area contributed by atoms with Gasteiger partial charge in [0, 0.05) is 15.5 Å². The average Bonchev–Trinajstić information content (AvgIpc) is 2.91. The highest BCUT2D eigenvalue weighted by Crippen LogP contribution is 2.56. The Bertz CT molecular complexity index is 1150. The first-order chi connectivity index (χ1) is 12.6. The Morgan fingerprint density at radius 3 is 2.04 bits per heavy atom. The van der Waals surface area contributed by atoms with Gasteiger partial charge in [-0.1, -0.05) is 92.7 Å². The fraction of sp³-hybridized carbons (Fsp3) is 0.120. The summed E-state index contributed by atoms with van der Waals surface area (Å²) in [6.45, 7) is 4.71. The molecular weight excluding hydrogens is 380 g/mol. The second-order valence-corrected chi connectivity index (χ2v) is 8.31. The molecule has 0 heterocycles. The van der Waals surface area contributed by atoms with Crippen molar-refractivity contribution in [2.24, 2.45) is 0 Å². The topological polar surface area (TPSA) is 0 Å². The fourth-order valence-corrected chi connectivity index (χ4v) is 5.34. The minimum atomic E-state index is -0.0181. The van der Waals surface area contributed by atoms with Crippen LogP contribution < -0.4 is 0 Å². The Labute approximate surface area is 162 Å². The van der Waals surface area contributed by atoms with Gasteiger partial charge in [-0.15, -0.1) is 0 Å². The summed E-state index contributed by atoms with van der Waals surface area (Å²) in [5.74, 6) is 0. The molecule has 1 aliphatic carbocycles. The summed E-state index contributed by atoms with van der Waals surface area (Å²) < 4.78 is 1.19. The van der Waals surface area contributed by atoms with Crippen LogP contribution in [0.5, 0.6) is 0 Å². The first-order valence-electron chi connectivity index (χ1n) is 9.00. The van der Waals surface area contributed by atoms with Crippen molar-refractivity contribution >= 4 is 26.7 Å². The van der Waals surface area contributed by atoms with E-state index in [9.17, 15) is 0 Å². The third-order valence-electron chi connectivity index (χ3n) is 5.71. The summed E-state index contributed by atoms with van der Waals surface area (Å²) in [5, 5.41) is 2.63. The molecule has 0 nitrogen and oxygen atoms in total. The van der Waals surface area contributed by atoms with Crippen molar-refractivity contribution in [1.29, 1.82) is 0 Å². The number of hydrogen-bond acceptors (Lipinski definition) is 0. The largest absolute Gasteiger partial charge is 0.0622 e. The molecule has 126 valence electrons. The molecule has 5 rings (SSSR count). The van der Waals surface area contributed by atoms with E-state index < -0.39 is 0 Å². The Balaban J connectivity index is 2.05. The normalized spacial score (nSPS) is 14.3. The minimum absolute atomic E-state index is 0.0181. The number of halogens is 1. The van der Waals surface area contributed by atoms with Gasteiger partial charge in [0.15, 0.2) is 0 Å². The standard InChI is InChI=1S/C25H19Br/c1-25(2)20-15-9-8-14-19(20)22-21(16-10-4-3-5-11-16)24(26)18-13-7-6-12-17(18)23(22)25/h3-15H,1-2H3. The summed E-state index contributed by atoms with van der Waals surface area (Å²) in [6.07, 6.45) is 0. The van der Waals surface area contributed by atoms with Crippen LogP contribution in [0.3, 0.4) is 0 Å². The molecule has 26 heavy (non-hydrogen) atoms. The van der Waals surface area contributed by atoms with Gasteiger partial charge in [-0.25, -0.2) is 0 Å². The molecule has 0 spiro atoms. The zero-order chi connectivity index (χ0) is 17.9. The average molecular weight is 399 g/mol. The van der Waals surface area contributed by atoms with Gasteiger partial charge in [0.25, 0.3) is 0 Å². The highest BCUT2D eigenvalue weighted by Gasteiger charge is 2.39. The molecule has 1 heteroatoms. The highest BCUT2D eigenvalue weighted by atomic mass is 79.9. The van der Waals surface area contributed by atoms with Crippen molar-refractivity contribution in [3.63, 3.8) is 0 Å². The van der Waals surface area contributed by atoms with Crippen molar-refractivity contribution < 1.29 is 0 Å². The SMILES string of the molecule is CC1(C)c2ccccc2-c2c(-c3ccccc3)c(Br)c3ccccc3c21. The molecule has 0 unspecified atom stereocenters. The van der Waals surface area contributed by atoms with Gasteiger partial charge in [0.1, 0.15) is 0 Å². The molecule has 0 saturated heterocycles. The Kier molecular flexibility index (Phi) is 3.39. The number of fused-ring (bicyclic) bond motifs is 5. The molecule has 0 bridgehead atoms. The van der Waals surface area contributed by atoms with Gasteiger partial charge in [-0.3, -0.25) is 0 Å². The van der Waals surface area contributed by atoms with Crippen molar-refractivity contribution in [1.82, 2.24) is 0 Å².